The number of rotatable bonds is 3. The average molecular weight is 257 g/mol. The Morgan fingerprint density at radius 1 is 1.28 bits per heavy atom. The summed E-state index contributed by atoms with van der Waals surface area (Å²) in [7, 11) is 0. The van der Waals surface area contributed by atoms with Gasteiger partial charge in [0.15, 0.2) is 0 Å². The highest BCUT2D eigenvalue weighted by atomic mass is 32.2. The number of nitrogens with zero attached hydrogens (tertiary/aromatic N) is 2. The maximum atomic E-state index is 9.14. The van der Waals surface area contributed by atoms with Crippen LogP contribution in [-0.2, 0) is 0 Å². The summed E-state index contributed by atoms with van der Waals surface area (Å²) in [4.78, 5) is 1.12. The molecule has 1 heterocycles. The van der Waals surface area contributed by atoms with Crippen molar-refractivity contribution >= 4 is 17.4 Å². The third-order valence-corrected chi connectivity index (χ3v) is 3.74. The van der Waals surface area contributed by atoms with Crippen molar-refractivity contribution in [2.75, 3.05) is 5.73 Å². The van der Waals surface area contributed by atoms with Crippen LogP contribution in [0.4, 0.5) is 5.69 Å². The zero-order valence-corrected chi connectivity index (χ0v) is 11.2. The van der Waals surface area contributed by atoms with Crippen LogP contribution in [0.5, 0.6) is 0 Å². The van der Waals surface area contributed by atoms with Crippen molar-refractivity contribution in [1.82, 2.24) is 4.57 Å². The largest absolute Gasteiger partial charge is 0.397 e. The van der Waals surface area contributed by atoms with Crippen LogP contribution < -0.4 is 5.73 Å². The first-order valence-corrected chi connectivity index (χ1v) is 6.59. The number of benzene rings is 1. The first-order chi connectivity index (χ1) is 8.63. The lowest BCUT2D eigenvalue weighted by molar-refractivity contribution is 0.557. The van der Waals surface area contributed by atoms with Crippen LogP contribution in [0.3, 0.4) is 0 Å². The predicted molar refractivity (Wildman–Crippen MR) is 74.5 cm³/mol. The van der Waals surface area contributed by atoms with Crippen molar-refractivity contribution in [3.05, 3.63) is 42.1 Å². The van der Waals surface area contributed by atoms with E-state index in [9.17, 15) is 0 Å². The van der Waals surface area contributed by atoms with E-state index < -0.39 is 0 Å². The molecule has 0 amide bonds. The first kappa shape index (κ1) is 12.6. The summed E-state index contributed by atoms with van der Waals surface area (Å²) in [6, 6.07) is 14.2. The molecule has 0 fully saturated rings. The second-order valence-electron chi connectivity index (χ2n) is 4.28. The minimum absolute atomic E-state index is 0.211. The van der Waals surface area contributed by atoms with E-state index in [1.165, 1.54) is 0 Å². The fraction of sp³-hybridized carbons (Fsp3) is 0.214. The molecule has 0 unspecified atom stereocenters. The highest BCUT2D eigenvalue weighted by molar-refractivity contribution is 7.99. The molecule has 4 heteroatoms. The van der Waals surface area contributed by atoms with Crippen LogP contribution in [0, 0.1) is 11.3 Å². The number of nitrogen functional groups attached to an aromatic ring is 1. The Balaban J connectivity index is 2.45. The number of nitrogens with two attached hydrogens (primary N) is 1. The van der Waals surface area contributed by atoms with E-state index in [0.29, 0.717) is 11.4 Å². The molecule has 0 saturated carbocycles. The molecule has 2 rings (SSSR count). The Kier molecular flexibility index (Phi) is 3.63. The molecule has 1 aromatic heterocycles. The monoisotopic (exact) mass is 257 g/mol. The van der Waals surface area contributed by atoms with Gasteiger partial charge in [0.25, 0.3) is 0 Å². The fourth-order valence-corrected chi connectivity index (χ4v) is 2.93. The molecule has 0 aliphatic rings. The molecule has 0 aliphatic heterocycles. The highest BCUT2D eigenvalue weighted by Crippen LogP contribution is 2.36. The standard InChI is InChI=1S/C14H15N3S/c1-10(2)17-11(9-15)8-13(16)14(17)18-12-6-4-3-5-7-12/h3-8,10H,16H2,1-2H3. The van der Waals surface area contributed by atoms with E-state index in [4.69, 9.17) is 11.0 Å². The number of aromatic nitrogens is 1. The predicted octanol–water partition coefficient (Wildman–Crippen LogP) is 3.67. The average Bonchev–Trinajstić information content (AvgIpc) is 2.67. The van der Waals surface area contributed by atoms with Gasteiger partial charge in [-0.1, -0.05) is 30.0 Å². The minimum atomic E-state index is 0.211. The highest BCUT2D eigenvalue weighted by Gasteiger charge is 2.16. The zero-order valence-electron chi connectivity index (χ0n) is 10.4. The van der Waals surface area contributed by atoms with Gasteiger partial charge < -0.3 is 10.3 Å². The molecule has 2 N–H and O–H groups in total. The molecule has 0 saturated heterocycles. The van der Waals surface area contributed by atoms with Crippen LogP contribution in [0.25, 0.3) is 0 Å². The Labute approximate surface area is 111 Å². The normalized spacial score (nSPS) is 10.6. The van der Waals surface area contributed by atoms with Gasteiger partial charge in [0.05, 0.1) is 5.69 Å². The number of hydrogen-bond donors (Lipinski definition) is 1. The van der Waals surface area contributed by atoms with E-state index in [1.54, 1.807) is 17.8 Å². The van der Waals surface area contributed by atoms with Crippen molar-refractivity contribution in [1.29, 1.82) is 5.26 Å². The van der Waals surface area contributed by atoms with Crippen molar-refractivity contribution in [3.8, 4) is 6.07 Å². The molecule has 18 heavy (non-hydrogen) atoms. The van der Waals surface area contributed by atoms with Crippen molar-refractivity contribution < 1.29 is 0 Å². The van der Waals surface area contributed by atoms with Crippen molar-refractivity contribution in [3.63, 3.8) is 0 Å². The van der Waals surface area contributed by atoms with E-state index in [1.807, 2.05) is 34.9 Å². The SMILES string of the molecule is CC(C)n1c(C#N)cc(N)c1Sc1ccccc1. The van der Waals surface area contributed by atoms with Crippen LogP contribution in [0.2, 0.25) is 0 Å². The summed E-state index contributed by atoms with van der Waals surface area (Å²) in [5.41, 5.74) is 7.28. The minimum Gasteiger partial charge on any atom is -0.397 e. The quantitative estimate of drug-likeness (QED) is 0.912. The second kappa shape index (κ2) is 5.19. The summed E-state index contributed by atoms with van der Waals surface area (Å²) >= 11 is 1.59. The Morgan fingerprint density at radius 2 is 1.94 bits per heavy atom. The van der Waals surface area contributed by atoms with Gasteiger partial charge >= 0.3 is 0 Å². The van der Waals surface area contributed by atoms with Crippen molar-refractivity contribution in [2.24, 2.45) is 0 Å². The van der Waals surface area contributed by atoms with E-state index in [-0.39, 0.29) is 6.04 Å². The first-order valence-electron chi connectivity index (χ1n) is 5.77. The number of hydrogen-bond acceptors (Lipinski definition) is 3. The van der Waals surface area contributed by atoms with Gasteiger partial charge in [-0.25, -0.2) is 0 Å². The summed E-state index contributed by atoms with van der Waals surface area (Å²) in [6.45, 7) is 4.10. The second-order valence-corrected chi connectivity index (χ2v) is 5.34. The summed E-state index contributed by atoms with van der Waals surface area (Å²) in [5.74, 6) is 0. The molecule has 3 nitrogen and oxygen atoms in total. The van der Waals surface area contributed by atoms with Crippen LogP contribution in [0.15, 0.2) is 46.3 Å². The molecule has 1 aromatic carbocycles. The zero-order chi connectivity index (χ0) is 13.1. The molecule has 0 radical (unpaired) electrons. The smallest absolute Gasteiger partial charge is 0.123 e. The van der Waals surface area contributed by atoms with Gasteiger partial charge in [0.1, 0.15) is 16.8 Å². The maximum Gasteiger partial charge on any atom is 0.123 e. The lowest BCUT2D eigenvalue weighted by Crippen LogP contribution is -2.05. The Hall–Kier alpha value is -1.86. The maximum absolute atomic E-state index is 9.14. The van der Waals surface area contributed by atoms with Gasteiger partial charge in [0, 0.05) is 10.9 Å². The van der Waals surface area contributed by atoms with E-state index in [0.717, 1.165) is 9.92 Å². The molecule has 0 atom stereocenters. The van der Waals surface area contributed by atoms with Crippen molar-refractivity contribution in [2.45, 2.75) is 29.8 Å². The summed E-state index contributed by atoms with van der Waals surface area (Å²) in [6.07, 6.45) is 0. The molecule has 92 valence electrons. The third kappa shape index (κ3) is 2.36. The fourth-order valence-electron chi connectivity index (χ4n) is 1.83. The van der Waals surface area contributed by atoms with E-state index >= 15 is 0 Å². The molecular weight excluding hydrogens is 242 g/mol. The summed E-state index contributed by atoms with van der Waals surface area (Å²) in [5, 5.41) is 10.1. The molecule has 0 spiro atoms. The van der Waals surface area contributed by atoms with Gasteiger partial charge in [-0.15, -0.1) is 0 Å². The lowest BCUT2D eigenvalue weighted by Gasteiger charge is -2.14. The van der Waals surface area contributed by atoms with Gasteiger partial charge in [-0.05, 0) is 32.0 Å². The van der Waals surface area contributed by atoms with Crippen LogP contribution >= 0.6 is 11.8 Å². The lowest BCUT2D eigenvalue weighted by atomic mass is 10.3. The van der Waals surface area contributed by atoms with Gasteiger partial charge in [0.2, 0.25) is 0 Å². The Bertz CT molecular complexity index is 579. The van der Waals surface area contributed by atoms with Gasteiger partial charge in [-0.2, -0.15) is 5.26 Å². The number of anilines is 1. The topological polar surface area (TPSA) is 54.7 Å². The molecule has 0 bridgehead atoms. The third-order valence-electron chi connectivity index (χ3n) is 2.61. The van der Waals surface area contributed by atoms with Crippen LogP contribution in [-0.4, -0.2) is 4.57 Å². The van der Waals surface area contributed by atoms with E-state index in [2.05, 4.69) is 19.9 Å². The Morgan fingerprint density at radius 3 is 2.50 bits per heavy atom. The van der Waals surface area contributed by atoms with Gasteiger partial charge in [-0.3, -0.25) is 0 Å². The number of nitriles is 1. The summed E-state index contributed by atoms with van der Waals surface area (Å²) < 4.78 is 1.98. The molecule has 0 aliphatic carbocycles. The molecular formula is C14H15N3S. The molecule has 2 aromatic rings. The van der Waals surface area contributed by atoms with Crippen LogP contribution in [0.1, 0.15) is 25.6 Å².